The van der Waals surface area contributed by atoms with Crippen LogP contribution in [0, 0.1) is 17.3 Å². The maximum Gasteiger partial charge on any atom is 0.307 e. The first-order valence-corrected chi connectivity index (χ1v) is 7.11. The molecule has 5 heteroatoms. The fourth-order valence-electron chi connectivity index (χ4n) is 2.90. The average Bonchev–Trinajstić information content (AvgIpc) is 3.00. The smallest absolute Gasteiger partial charge is 0.307 e. The molecule has 2 atom stereocenters. The summed E-state index contributed by atoms with van der Waals surface area (Å²) >= 11 is 0. The normalized spacial score (nSPS) is 22.6. The van der Waals surface area contributed by atoms with Crippen LogP contribution in [0.5, 0.6) is 0 Å². The van der Waals surface area contributed by atoms with Crippen LogP contribution in [0.2, 0.25) is 0 Å². The summed E-state index contributed by atoms with van der Waals surface area (Å²) in [6.07, 6.45) is 1.42. The van der Waals surface area contributed by atoms with Crippen molar-refractivity contribution in [2.45, 2.75) is 26.7 Å². The number of carboxylic acids is 1. The third kappa shape index (κ3) is 3.24. The van der Waals surface area contributed by atoms with Gasteiger partial charge in [-0.1, -0.05) is 26.0 Å². The summed E-state index contributed by atoms with van der Waals surface area (Å²) in [5, 5.41) is 20.7. The number of hydrogen-bond donors (Lipinski definition) is 3. The molecule has 1 aliphatic rings. The van der Waals surface area contributed by atoms with E-state index in [0.717, 1.165) is 12.0 Å². The number of benzene rings is 1. The topological polar surface area (TPSA) is 86.6 Å². The molecule has 0 aliphatic heterocycles. The molecule has 5 nitrogen and oxygen atoms in total. The third-order valence-electron chi connectivity index (χ3n) is 4.19. The number of rotatable bonds is 6. The van der Waals surface area contributed by atoms with Crippen molar-refractivity contribution in [1.82, 2.24) is 0 Å². The molecule has 21 heavy (non-hydrogen) atoms. The zero-order chi connectivity index (χ0) is 15.6. The second kappa shape index (κ2) is 5.85. The highest BCUT2D eigenvalue weighted by Gasteiger charge is 2.65. The molecular formula is C16H21NO4. The Kier molecular flexibility index (Phi) is 4.32. The van der Waals surface area contributed by atoms with Gasteiger partial charge in [-0.3, -0.25) is 9.59 Å². The Bertz CT molecular complexity index is 553. The van der Waals surface area contributed by atoms with Gasteiger partial charge in [0.15, 0.2) is 0 Å². The molecule has 2 rings (SSSR count). The largest absolute Gasteiger partial charge is 0.481 e. The highest BCUT2D eigenvalue weighted by atomic mass is 16.4. The zero-order valence-electron chi connectivity index (χ0n) is 12.3. The minimum absolute atomic E-state index is 0.132. The number of carbonyl (C=O) groups excluding carboxylic acids is 1. The van der Waals surface area contributed by atoms with Gasteiger partial charge in [0.2, 0.25) is 5.91 Å². The summed E-state index contributed by atoms with van der Waals surface area (Å²) in [5.74, 6) is -2.27. The van der Waals surface area contributed by atoms with E-state index in [-0.39, 0.29) is 12.5 Å². The fourth-order valence-corrected chi connectivity index (χ4v) is 2.90. The van der Waals surface area contributed by atoms with Crippen LogP contribution >= 0.6 is 0 Å². The van der Waals surface area contributed by atoms with Crippen molar-refractivity contribution in [3.05, 3.63) is 29.8 Å². The minimum Gasteiger partial charge on any atom is -0.481 e. The number of carbonyl (C=O) groups is 2. The first-order valence-electron chi connectivity index (χ1n) is 7.11. The summed E-state index contributed by atoms with van der Waals surface area (Å²) in [7, 11) is 0. The van der Waals surface area contributed by atoms with Crippen LogP contribution in [0.4, 0.5) is 5.69 Å². The maximum atomic E-state index is 12.2. The van der Waals surface area contributed by atoms with Gasteiger partial charge in [-0.15, -0.1) is 0 Å². The van der Waals surface area contributed by atoms with E-state index in [2.05, 4.69) is 5.32 Å². The van der Waals surface area contributed by atoms with Gasteiger partial charge in [0.1, 0.15) is 0 Å². The Balaban J connectivity index is 2.02. The summed E-state index contributed by atoms with van der Waals surface area (Å²) in [6, 6.07) is 7.42. The second-order valence-corrected chi connectivity index (χ2v) is 6.13. The number of aryl methyl sites for hydroxylation is 1. The molecule has 1 fully saturated rings. The van der Waals surface area contributed by atoms with Crippen LogP contribution in [0.15, 0.2) is 24.3 Å². The average molecular weight is 291 g/mol. The minimum atomic E-state index is -0.920. The van der Waals surface area contributed by atoms with Crippen LogP contribution in [0.3, 0.4) is 0 Å². The molecule has 114 valence electrons. The number of hydrogen-bond acceptors (Lipinski definition) is 3. The van der Waals surface area contributed by atoms with Crippen LogP contribution in [-0.4, -0.2) is 28.7 Å². The number of aliphatic carboxylic acids is 1. The van der Waals surface area contributed by atoms with E-state index in [1.165, 1.54) is 0 Å². The van der Waals surface area contributed by atoms with E-state index >= 15 is 0 Å². The SMILES string of the molecule is CC1(C)[C@H](C(=O)O)[C@@H]1C(=O)Nc1cccc(CCCO)c1. The molecule has 0 unspecified atom stereocenters. The monoisotopic (exact) mass is 291 g/mol. The molecule has 0 heterocycles. The van der Waals surface area contributed by atoms with Crippen molar-refractivity contribution < 1.29 is 19.8 Å². The van der Waals surface area contributed by atoms with Gasteiger partial charge in [-0.2, -0.15) is 0 Å². The maximum absolute atomic E-state index is 12.2. The molecule has 0 spiro atoms. The summed E-state index contributed by atoms with van der Waals surface area (Å²) in [5.41, 5.74) is 1.21. The van der Waals surface area contributed by atoms with E-state index in [4.69, 9.17) is 10.2 Å². The Hall–Kier alpha value is -1.88. The van der Waals surface area contributed by atoms with Crippen LogP contribution in [0.25, 0.3) is 0 Å². The standard InChI is InChI=1S/C16H21NO4/c1-16(2)12(13(16)15(20)21)14(19)17-11-7-3-5-10(9-11)6-4-8-18/h3,5,7,9,12-13,18H,4,6,8H2,1-2H3,(H,17,19)(H,20,21)/t12-,13+/m1/s1. The third-order valence-corrected chi connectivity index (χ3v) is 4.19. The van der Waals surface area contributed by atoms with E-state index in [0.29, 0.717) is 12.1 Å². The van der Waals surface area contributed by atoms with Crippen molar-refractivity contribution in [3.63, 3.8) is 0 Å². The number of nitrogens with one attached hydrogen (secondary N) is 1. The number of aliphatic hydroxyl groups excluding tert-OH is 1. The summed E-state index contributed by atoms with van der Waals surface area (Å²) < 4.78 is 0. The lowest BCUT2D eigenvalue weighted by Crippen LogP contribution is -2.17. The Morgan fingerprint density at radius 2 is 2.00 bits per heavy atom. The molecule has 1 aromatic carbocycles. The van der Waals surface area contributed by atoms with E-state index in [1.54, 1.807) is 19.9 Å². The molecule has 1 saturated carbocycles. The highest BCUT2D eigenvalue weighted by molar-refractivity contribution is 5.99. The number of carboxylic acid groups (broad SMARTS) is 1. The molecule has 0 aromatic heterocycles. The Morgan fingerprint density at radius 3 is 2.57 bits per heavy atom. The Labute approximate surface area is 124 Å². The Morgan fingerprint density at radius 1 is 1.29 bits per heavy atom. The van der Waals surface area contributed by atoms with Gasteiger partial charge in [-0.05, 0) is 36.0 Å². The lowest BCUT2D eigenvalue weighted by molar-refractivity contribution is -0.140. The molecule has 0 bridgehead atoms. The van der Waals surface area contributed by atoms with Crippen LogP contribution in [-0.2, 0) is 16.0 Å². The predicted molar refractivity (Wildman–Crippen MR) is 78.9 cm³/mol. The molecule has 0 saturated heterocycles. The van der Waals surface area contributed by atoms with Crippen molar-refractivity contribution in [2.24, 2.45) is 17.3 Å². The molecular weight excluding hydrogens is 270 g/mol. The van der Waals surface area contributed by atoms with Crippen molar-refractivity contribution in [3.8, 4) is 0 Å². The second-order valence-electron chi connectivity index (χ2n) is 6.13. The first-order chi connectivity index (χ1) is 9.87. The first kappa shape index (κ1) is 15.5. The molecule has 1 amide bonds. The van der Waals surface area contributed by atoms with Gasteiger partial charge in [0, 0.05) is 12.3 Å². The van der Waals surface area contributed by atoms with E-state index in [1.807, 2.05) is 18.2 Å². The van der Waals surface area contributed by atoms with Crippen molar-refractivity contribution in [1.29, 1.82) is 0 Å². The van der Waals surface area contributed by atoms with Gasteiger partial charge < -0.3 is 15.5 Å². The van der Waals surface area contributed by atoms with E-state index in [9.17, 15) is 9.59 Å². The molecule has 0 radical (unpaired) electrons. The predicted octanol–water partition coefficient (Wildman–Crippen LogP) is 1.91. The molecule has 1 aliphatic carbocycles. The number of anilines is 1. The quantitative estimate of drug-likeness (QED) is 0.747. The van der Waals surface area contributed by atoms with Gasteiger partial charge in [-0.25, -0.2) is 0 Å². The lowest BCUT2D eigenvalue weighted by atomic mass is 10.1. The summed E-state index contributed by atoms with van der Waals surface area (Å²) in [6.45, 7) is 3.73. The number of aliphatic hydroxyl groups is 1. The number of amides is 1. The molecule has 1 aromatic rings. The van der Waals surface area contributed by atoms with Gasteiger partial charge in [0.25, 0.3) is 0 Å². The van der Waals surface area contributed by atoms with Crippen LogP contribution in [0.1, 0.15) is 25.8 Å². The zero-order valence-corrected chi connectivity index (χ0v) is 12.3. The van der Waals surface area contributed by atoms with E-state index < -0.39 is 23.2 Å². The van der Waals surface area contributed by atoms with Gasteiger partial charge >= 0.3 is 5.97 Å². The van der Waals surface area contributed by atoms with Crippen molar-refractivity contribution in [2.75, 3.05) is 11.9 Å². The van der Waals surface area contributed by atoms with Crippen molar-refractivity contribution >= 4 is 17.6 Å². The lowest BCUT2D eigenvalue weighted by Gasteiger charge is -2.08. The van der Waals surface area contributed by atoms with Gasteiger partial charge in [0.05, 0.1) is 11.8 Å². The van der Waals surface area contributed by atoms with Crippen LogP contribution < -0.4 is 5.32 Å². The highest BCUT2D eigenvalue weighted by Crippen LogP contribution is 2.58. The summed E-state index contributed by atoms with van der Waals surface area (Å²) in [4.78, 5) is 23.3. The molecule has 3 N–H and O–H groups in total. The fraction of sp³-hybridized carbons (Fsp3) is 0.500.